The Bertz CT molecular complexity index is 1740. The molecular weight excluding hydrogens is 594 g/mol. The third kappa shape index (κ3) is 4.53. The van der Waals surface area contributed by atoms with Crippen LogP contribution in [0.1, 0.15) is 57.7 Å². The number of carbonyl (C=O) groups excluding carboxylic acids is 2. The lowest BCUT2D eigenvalue weighted by molar-refractivity contribution is -0.139. The molecule has 8 nitrogen and oxygen atoms in total. The minimum absolute atomic E-state index is 0.0918. The quantitative estimate of drug-likeness (QED) is 0.362. The van der Waals surface area contributed by atoms with E-state index in [1.807, 2.05) is 57.2 Å². The van der Waals surface area contributed by atoms with Gasteiger partial charge in [0.1, 0.15) is 10.3 Å². The standard InChI is InChI=1S/C30H30BrN3O5S/c1-6-10-20-24(29(37)39-7-2)25(17-13-14-22(38-5)19(31)15-17)34-28(36)26(40-30(34)32-20)23-18-11-8-9-12-21(18)33(16(3)4)27(23)35/h8-9,11-16,25H,6-7,10H2,1-5H3/b26-23+/t25-/m1/s1. The number of nitrogens with zero attached hydrogens (tertiary/aromatic N) is 3. The molecule has 3 heterocycles. The number of benzene rings is 2. The molecule has 0 N–H and O–H groups in total. The van der Waals surface area contributed by atoms with Crippen LogP contribution in [0.4, 0.5) is 5.69 Å². The van der Waals surface area contributed by atoms with Gasteiger partial charge in [0, 0.05) is 11.6 Å². The van der Waals surface area contributed by atoms with Crippen molar-refractivity contribution in [2.24, 2.45) is 4.99 Å². The molecule has 0 radical (unpaired) electrons. The number of anilines is 1. The molecule has 3 aromatic rings. The molecule has 0 unspecified atom stereocenters. The molecule has 0 fully saturated rings. The van der Waals surface area contributed by atoms with Crippen molar-refractivity contribution in [2.45, 2.75) is 52.6 Å². The first-order valence-corrected chi connectivity index (χ1v) is 14.8. The summed E-state index contributed by atoms with van der Waals surface area (Å²) < 4.78 is 13.4. The van der Waals surface area contributed by atoms with Gasteiger partial charge in [0.25, 0.3) is 11.5 Å². The molecule has 2 aromatic carbocycles. The van der Waals surface area contributed by atoms with Gasteiger partial charge >= 0.3 is 5.97 Å². The van der Waals surface area contributed by atoms with Crippen LogP contribution in [-0.4, -0.2) is 36.2 Å². The number of fused-ring (bicyclic) bond motifs is 2. The van der Waals surface area contributed by atoms with Crippen LogP contribution in [0, 0.1) is 0 Å². The Hall–Kier alpha value is -3.50. The number of aromatic nitrogens is 1. The summed E-state index contributed by atoms with van der Waals surface area (Å²) in [7, 11) is 1.57. The Morgan fingerprint density at radius 2 is 1.90 bits per heavy atom. The molecule has 0 spiro atoms. The van der Waals surface area contributed by atoms with E-state index in [1.54, 1.807) is 25.0 Å². The summed E-state index contributed by atoms with van der Waals surface area (Å²) >= 11 is 4.74. The number of thiazole rings is 1. The van der Waals surface area contributed by atoms with Crippen molar-refractivity contribution in [1.82, 2.24) is 4.57 Å². The molecule has 1 amide bonds. The number of hydrogen-bond acceptors (Lipinski definition) is 7. The van der Waals surface area contributed by atoms with Gasteiger partial charge in [0.05, 0.1) is 46.8 Å². The molecule has 5 rings (SSSR count). The number of hydrogen-bond donors (Lipinski definition) is 0. The second-order valence-electron chi connectivity index (χ2n) is 9.79. The summed E-state index contributed by atoms with van der Waals surface area (Å²) in [5.41, 5.74) is 3.08. The van der Waals surface area contributed by atoms with Crippen LogP contribution in [0.2, 0.25) is 0 Å². The molecule has 40 heavy (non-hydrogen) atoms. The Labute approximate surface area is 244 Å². The van der Waals surface area contributed by atoms with Crippen LogP contribution in [0.25, 0.3) is 5.57 Å². The van der Waals surface area contributed by atoms with E-state index in [9.17, 15) is 14.4 Å². The Balaban J connectivity index is 1.85. The van der Waals surface area contributed by atoms with E-state index in [0.717, 1.165) is 12.1 Å². The fraction of sp³-hybridized carbons (Fsp3) is 0.333. The van der Waals surface area contributed by atoms with Crippen molar-refractivity contribution >= 4 is 50.4 Å². The average molecular weight is 625 g/mol. The number of allylic oxidation sites excluding steroid dienone is 1. The Morgan fingerprint density at radius 1 is 1.15 bits per heavy atom. The maximum Gasteiger partial charge on any atom is 0.338 e. The molecular formula is C30H30BrN3O5S. The zero-order valence-corrected chi connectivity index (χ0v) is 25.4. The molecule has 10 heteroatoms. The molecule has 2 aliphatic heterocycles. The zero-order chi connectivity index (χ0) is 28.7. The van der Waals surface area contributed by atoms with Crippen molar-refractivity contribution < 1.29 is 19.1 Å². The van der Waals surface area contributed by atoms with E-state index in [0.29, 0.717) is 53.9 Å². The highest BCUT2D eigenvalue weighted by molar-refractivity contribution is 9.10. The van der Waals surface area contributed by atoms with E-state index in [-0.39, 0.29) is 24.1 Å². The van der Waals surface area contributed by atoms with Crippen molar-refractivity contribution in [3.05, 3.63) is 89.0 Å². The number of ether oxygens (including phenoxy) is 2. The highest BCUT2D eigenvalue weighted by Gasteiger charge is 2.38. The lowest BCUT2D eigenvalue weighted by Gasteiger charge is -2.26. The van der Waals surface area contributed by atoms with Gasteiger partial charge in [0.2, 0.25) is 0 Å². The molecule has 1 aromatic heterocycles. The summed E-state index contributed by atoms with van der Waals surface area (Å²) in [5.74, 6) is -0.114. The average Bonchev–Trinajstić information content (AvgIpc) is 3.40. The first kappa shape index (κ1) is 28.0. The second kappa shape index (κ2) is 11.2. The SMILES string of the molecule is CCCC1=C(C(=O)OCC)[C@@H](c2ccc(OC)c(Br)c2)n2c(s/c(=C3/C(=O)N(C(C)C)c4ccccc43)c2=O)=N1. The topological polar surface area (TPSA) is 90.2 Å². The van der Waals surface area contributed by atoms with Crippen LogP contribution in [0.5, 0.6) is 5.75 Å². The first-order valence-electron chi connectivity index (χ1n) is 13.2. The predicted molar refractivity (Wildman–Crippen MR) is 158 cm³/mol. The molecule has 0 saturated carbocycles. The maximum atomic E-state index is 14.3. The van der Waals surface area contributed by atoms with Crippen LogP contribution >= 0.6 is 27.3 Å². The summed E-state index contributed by atoms with van der Waals surface area (Å²) in [6.45, 7) is 7.84. The fourth-order valence-corrected chi connectivity index (χ4v) is 6.98. The molecule has 0 aliphatic carbocycles. The number of rotatable bonds is 7. The molecule has 0 saturated heterocycles. The van der Waals surface area contributed by atoms with Gasteiger partial charge in [-0.3, -0.25) is 14.2 Å². The van der Waals surface area contributed by atoms with Crippen molar-refractivity contribution in [3.63, 3.8) is 0 Å². The molecule has 2 aliphatic rings. The van der Waals surface area contributed by atoms with E-state index in [1.165, 1.54) is 15.9 Å². The number of methoxy groups -OCH3 is 1. The smallest absolute Gasteiger partial charge is 0.338 e. The lowest BCUT2D eigenvalue weighted by Crippen LogP contribution is -2.41. The number of halogens is 1. The van der Waals surface area contributed by atoms with Gasteiger partial charge in [-0.25, -0.2) is 9.79 Å². The van der Waals surface area contributed by atoms with E-state index in [2.05, 4.69) is 15.9 Å². The van der Waals surface area contributed by atoms with Gasteiger partial charge < -0.3 is 14.4 Å². The van der Waals surface area contributed by atoms with Crippen molar-refractivity contribution in [3.8, 4) is 5.75 Å². The highest BCUT2D eigenvalue weighted by atomic mass is 79.9. The molecule has 0 bridgehead atoms. The first-order chi connectivity index (χ1) is 19.2. The minimum atomic E-state index is -0.790. The number of esters is 1. The van der Waals surface area contributed by atoms with Crippen molar-refractivity contribution in [1.29, 1.82) is 0 Å². The van der Waals surface area contributed by atoms with Gasteiger partial charge in [-0.1, -0.05) is 48.9 Å². The monoisotopic (exact) mass is 623 g/mol. The van der Waals surface area contributed by atoms with Gasteiger partial charge in [-0.05, 0) is 66.9 Å². The summed E-state index contributed by atoms with van der Waals surface area (Å²) in [5, 5.41) is 0. The largest absolute Gasteiger partial charge is 0.496 e. The van der Waals surface area contributed by atoms with Crippen LogP contribution < -0.4 is 24.5 Å². The van der Waals surface area contributed by atoms with Gasteiger partial charge in [-0.15, -0.1) is 0 Å². The van der Waals surface area contributed by atoms with E-state index < -0.39 is 12.0 Å². The zero-order valence-electron chi connectivity index (χ0n) is 23.0. The number of para-hydroxylation sites is 1. The molecule has 208 valence electrons. The number of carbonyl (C=O) groups is 2. The van der Waals surface area contributed by atoms with Gasteiger partial charge in [0.15, 0.2) is 4.80 Å². The Kier molecular flexibility index (Phi) is 7.83. The fourth-order valence-electron chi connectivity index (χ4n) is 5.31. The van der Waals surface area contributed by atoms with Crippen LogP contribution in [-0.2, 0) is 14.3 Å². The highest BCUT2D eigenvalue weighted by Crippen LogP contribution is 2.38. The summed E-state index contributed by atoms with van der Waals surface area (Å²) in [6.07, 6.45) is 1.28. The predicted octanol–water partition coefficient (Wildman–Crippen LogP) is 4.47. The van der Waals surface area contributed by atoms with Crippen LogP contribution in [0.15, 0.2) is 68.0 Å². The summed E-state index contributed by atoms with van der Waals surface area (Å²) in [6, 6.07) is 12.1. The van der Waals surface area contributed by atoms with Crippen molar-refractivity contribution in [2.75, 3.05) is 18.6 Å². The maximum absolute atomic E-state index is 14.3. The second-order valence-corrected chi connectivity index (χ2v) is 11.6. The summed E-state index contributed by atoms with van der Waals surface area (Å²) in [4.78, 5) is 48.5. The minimum Gasteiger partial charge on any atom is -0.496 e. The third-order valence-corrected chi connectivity index (χ3v) is 8.64. The Morgan fingerprint density at radius 3 is 2.55 bits per heavy atom. The third-order valence-electron chi connectivity index (χ3n) is 6.97. The van der Waals surface area contributed by atoms with Gasteiger partial charge in [-0.2, -0.15) is 0 Å². The lowest BCUT2D eigenvalue weighted by atomic mass is 9.94. The van der Waals surface area contributed by atoms with E-state index in [4.69, 9.17) is 14.5 Å². The number of amides is 1. The van der Waals surface area contributed by atoms with E-state index >= 15 is 0 Å². The normalized spacial score (nSPS) is 17.6. The van der Waals surface area contributed by atoms with Crippen LogP contribution in [0.3, 0.4) is 0 Å². The molecule has 1 atom stereocenters.